The number of nitrogens with one attached hydrogen (secondary N) is 1. The summed E-state index contributed by atoms with van der Waals surface area (Å²) in [5.74, 6) is -0.249. The van der Waals surface area contributed by atoms with Crippen molar-refractivity contribution in [3.63, 3.8) is 0 Å². The Bertz CT molecular complexity index is 2000. The third-order valence-corrected chi connectivity index (χ3v) is 17.5. The molecule has 0 aromatic heterocycles. The highest BCUT2D eigenvalue weighted by Crippen LogP contribution is 2.33. The van der Waals surface area contributed by atoms with E-state index in [9.17, 15) is 61.0 Å². The predicted molar refractivity (Wildman–Crippen MR) is 360 cm³/mol. The van der Waals surface area contributed by atoms with Crippen molar-refractivity contribution in [1.29, 1.82) is 0 Å². The Labute approximate surface area is 552 Å². The van der Waals surface area contributed by atoms with Gasteiger partial charge in [-0.25, -0.2) is 0 Å². The second-order valence-electron chi connectivity index (χ2n) is 25.3. The van der Waals surface area contributed by atoms with E-state index in [4.69, 9.17) is 28.4 Å². The fourth-order valence-electron chi connectivity index (χ4n) is 11.7. The molecule has 0 saturated carbocycles. The van der Waals surface area contributed by atoms with Crippen LogP contribution in [0.3, 0.4) is 0 Å². The number of aliphatic hydroxyl groups excluding tert-OH is 11. The van der Waals surface area contributed by atoms with Crippen molar-refractivity contribution in [2.75, 3.05) is 26.4 Å². The van der Waals surface area contributed by atoms with E-state index in [1.165, 1.54) is 109 Å². The van der Waals surface area contributed by atoms with Crippen LogP contribution in [0.2, 0.25) is 0 Å². The lowest BCUT2D eigenvalue weighted by molar-refractivity contribution is -0.379. The minimum absolute atomic E-state index is 0.249. The molecular weight excluding hydrogens is 1180 g/mol. The van der Waals surface area contributed by atoms with Crippen molar-refractivity contribution in [1.82, 2.24) is 5.32 Å². The maximum Gasteiger partial charge on any atom is 0.220 e. The van der Waals surface area contributed by atoms with E-state index in [0.717, 1.165) is 96.3 Å². The number of allylic oxidation sites excluding steroid dienone is 14. The Balaban J connectivity index is 1.37. The average molecular weight is 1310 g/mol. The molecule has 17 unspecified atom stereocenters. The SMILES string of the molecule is CC/C=C\C/C=C\C/C=C\C/C=C\C/C=C\C/C=C\C/C=C\CCCCCCCCCCCCCC(=O)NC(COC1OC(CO)C(OC2OC(CO)C(OC3OC(CO)C(O)C(O)C3O)C(O)C2O)C(O)C1O)C(O)CCCCCCCCCCCCCCCC. The number of ether oxygens (including phenoxy) is 6. The van der Waals surface area contributed by atoms with Gasteiger partial charge in [0.25, 0.3) is 0 Å². The zero-order valence-electron chi connectivity index (χ0n) is 56.3. The molecule has 0 spiro atoms. The fraction of sp³-hybridized carbons (Fsp3) is 0.795. The smallest absolute Gasteiger partial charge is 0.220 e. The van der Waals surface area contributed by atoms with Gasteiger partial charge < -0.3 is 89.9 Å². The molecule has 0 bridgehead atoms. The van der Waals surface area contributed by atoms with Crippen LogP contribution in [0, 0.1) is 0 Å². The summed E-state index contributed by atoms with van der Waals surface area (Å²) in [4.78, 5) is 13.4. The zero-order chi connectivity index (χ0) is 66.8. The first kappa shape index (κ1) is 83.2. The first-order valence-corrected chi connectivity index (χ1v) is 35.8. The van der Waals surface area contributed by atoms with Gasteiger partial charge in [-0.15, -0.1) is 0 Å². The van der Waals surface area contributed by atoms with Gasteiger partial charge in [0.15, 0.2) is 18.9 Å². The van der Waals surface area contributed by atoms with Crippen molar-refractivity contribution in [2.45, 2.75) is 343 Å². The summed E-state index contributed by atoms with van der Waals surface area (Å²) >= 11 is 0. The second-order valence-corrected chi connectivity index (χ2v) is 25.3. The Morgan fingerprint density at radius 3 is 1.17 bits per heavy atom. The Morgan fingerprint density at radius 2 is 0.750 bits per heavy atom. The third kappa shape index (κ3) is 35.3. The second kappa shape index (κ2) is 54.0. The quantitative estimate of drug-likeness (QED) is 0.0199. The molecule has 3 fully saturated rings. The molecule has 3 rings (SSSR count). The number of amides is 1. The number of hydrogen-bond donors (Lipinski definition) is 12. The van der Waals surface area contributed by atoms with E-state index < -0.39 is 124 Å². The van der Waals surface area contributed by atoms with Gasteiger partial charge in [0.05, 0.1) is 38.6 Å². The standard InChI is InChI=1S/C73H127NO18/c1-3-5-7-9-11-13-15-17-19-20-21-22-23-24-25-26-27-28-29-30-31-32-33-34-35-36-37-39-41-43-45-47-49-51-61(79)74-56(57(78)50-48-46-44-42-40-38-18-16-14-12-10-8-6-4-2)55-87-71-67(85)64(82)69(59(53-76)89-71)92-73-68(86)65(83)70(60(54-77)90-73)91-72-66(84)63(81)62(80)58(52-75)88-72/h5,7,11,13,17,19,21-22,24-25,27-28,30-31,56-60,62-73,75-78,80-86H,3-4,6,8-10,12,14-16,18,20,23,26,29,32-55H2,1-2H3,(H,74,79)/b7-5-,13-11-,19-17-,22-21-,25-24-,28-27-,31-30-. The van der Waals surface area contributed by atoms with Crippen LogP contribution in [-0.2, 0) is 33.2 Å². The number of aliphatic hydroxyl groups is 11. The van der Waals surface area contributed by atoms with Crippen LogP contribution in [0.25, 0.3) is 0 Å². The number of rotatable bonds is 54. The maximum atomic E-state index is 13.4. The van der Waals surface area contributed by atoms with Crippen molar-refractivity contribution < 1.29 is 89.4 Å². The molecule has 0 radical (unpaired) electrons. The summed E-state index contributed by atoms with van der Waals surface area (Å²) in [6.45, 7) is 1.67. The third-order valence-electron chi connectivity index (χ3n) is 17.5. The normalized spacial score (nSPS) is 28.2. The van der Waals surface area contributed by atoms with Gasteiger partial charge in [0.2, 0.25) is 5.91 Å². The van der Waals surface area contributed by atoms with E-state index in [1.807, 2.05) is 0 Å². The average Bonchev–Trinajstić information content (AvgIpc) is 0.840. The highest BCUT2D eigenvalue weighted by molar-refractivity contribution is 5.76. The van der Waals surface area contributed by atoms with E-state index in [0.29, 0.717) is 12.8 Å². The Morgan fingerprint density at radius 1 is 0.402 bits per heavy atom. The molecule has 3 saturated heterocycles. The number of hydrogen-bond acceptors (Lipinski definition) is 18. The summed E-state index contributed by atoms with van der Waals surface area (Å²) in [5, 5.41) is 121. The summed E-state index contributed by atoms with van der Waals surface area (Å²) in [7, 11) is 0. The van der Waals surface area contributed by atoms with E-state index in [-0.39, 0.29) is 18.9 Å². The summed E-state index contributed by atoms with van der Waals surface area (Å²) in [5.41, 5.74) is 0. The molecule has 0 aromatic carbocycles. The highest BCUT2D eigenvalue weighted by Gasteiger charge is 2.53. The molecule has 3 heterocycles. The van der Waals surface area contributed by atoms with E-state index in [1.54, 1.807) is 0 Å². The molecule has 532 valence electrons. The number of carbonyl (C=O) groups excluding carboxylic acids is 1. The van der Waals surface area contributed by atoms with Crippen molar-refractivity contribution >= 4 is 5.91 Å². The van der Waals surface area contributed by atoms with Gasteiger partial charge in [0.1, 0.15) is 73.2 Å². The van der Waals surface area contributed by atoms with Crippen LogP contribution in [0.4, 0.5) is 0 Å². The van der Waals surface area contributed by atoms with Crippen LogP contribution < -0.4 is 5.32 Å². The van der Waals surface area contributed by atoms with E-state index >= 15 is 0 Å². The predicted octanol–water partition coefficient (Wildman–Crippen LogP) is 9.88. The zero-order valence-corrected chi connectivity index (χ0v) is 56.3. The molecule has 19 heteroatoms. The summed E-state index contributed by atoms with van der Waals surface area (Å²) in [6, 6.07) is -0.893. The maximum absolute atomic E-state index is 13.4. The molecule has 92 heavy (non-hydrogen) atoms. The lowest BCUT2D eigenvalue weighted by atomic mass is 9.96. The molecule has 17 atom stereocenters. The van der Waals surface area contributed by atoms with Gasteiger partial charge in [-0.2, -0.15) is 0 Å². The largest absolute Gasteiger partial charge is 0.394 e. The lowest BCUT2D eigenvalue weighted by Crippen LogP contribution is -2.66. The first-order chi connectivity index (χ1) is 44.8. The Kier molecular flexibility index (Phi) is 48.9. The van der Waals surface area contributed by atoms with Gasteiger partial charge in [-0.3, -0.25) is 4.79 Å². The van der Waals surface area contributed by atoms with Crippen molar-refractivity contribution in [3.8, 4) is 0 Å². The van der Waals surface area contributed by atoms with Crippen molar-refractivity contribution in [3.05, 3.63) is 85.1 Å². The molecule has 12 N–H and O–H groups in total. The van der Waals surface area contributed by atoms with Crippen molar-refractivity contribution in [2.24, 2.45) is 0 Å². The van der Waals surface area contributed by atoms with Gasteiger partial charge in [0, 0.05) is 6.42 Å². The van der Waals surface area contributed by atoms with E-state index in [2.05, 4.69) is 104 Å². The minimum Gasteiger partial charge on any atom is -0.394 e. The molecule has 0 aromatic rings. The van der Waals surface area contributed by atoms with Gasteiger partial charge in [-0.1, -0.05) is 247 Å². The van der Waals surface area contributed by atoms with Crippen LogP contribution in [0.15, 0.2) is 85.1 Å². The minimum atomic E-state index is -1.98. The molecule has 3 aliphatic heterocycles. The Hall–Kier alpha value is -3.03. The van der Waals surface area contributed by atoms with Crippen LogP contribution in [0.1, 0.15) is 239 Å². The first-order valence-electron chi connectivity index (χ1n) is 35.8. The lowest BCUT2D eigenvalue weighted by Gasteiger charge is -2.48. The van der Waals surface area contributed by atoms with Gasteiger partial charge in [-0.05, 0) is 70.6 Å². The topological polar surface area (TPSA) is 307 Å². The van der Waals surface area contributed by atoms with Crippen LogP contribution in [0.5, 0.6) is 0 Å². The monoisotopic (exact) mass is 1310 g/mol. The molecule has 1 amide bonds. The number of unbranched alkanes of at least 4 members (excludes halogenated alkanes) is 24. The van der Waals surface area contributed by atoms with Crippen LogP contribution in [-0.4, -0.2) is 193 Å². The van der Waals surface area contributed by atoms with Crippen LogP contribution >= 0.6 is 0 Å². The molecular formula is C73H127NO18. The summed E-state index contributed by atoms with van der Waals surface area (Å²) in [6.07, 6.45) is 42.3. The highest BCUT2D eigenvalue weighted by atomic mass is 16.8. The molecule has 19 nitrogen and oxygen atoms in total. The summed E-state index contributed by atoms with van der Waals surface area (Å²) < 4.78 is 34.4. The fourth-order valence-corrected chi connectivity index (χ4v) is 11.7. The number of carbonyl (C=O) groups is 1. The molecule has 0 aliphatic carbocycles. The molecule has 3 aliphatic rings. The van der Waals surface area contributed by atoms with Gasteiger partial charge >= 0.3 is 0 Å².